The van der Waals surface area contributed by atoms with E-state index in [9.17, 15) is 5.11 Å². The fraction of sp³-hybridized carbons (Fsp3) is 0.269. The summed E-state index contributed by atoms with van der Waals surface area (Å²) in [7, 11) is 0. The first-order valence-corrected chi connectivity index (χ1v) is 10.4. The molecule has 0 aliphatic carbocycles. The van der Waals surface area contributed by atoms with Crippen molar-refractivity contribution in [3.63, 3.8) is 0 Å². The third kappa shape index (κ3) is 5.05. The van der Waals surface area contributed by atoms with Crippen molar-refractivity contribution in [1.29, 1.82) is 0 Å². The molecule has 0 radical (unpaired) electrons. The van der Waals surface area contributed by atoms with Gasteiger partial charge < -0.3 is 10.8 Å². The van der Waals surface area contributed by atoms with Gasteiger partial charge in [0.25, 0.3) is 0 Å². The van der Waals surface area contributed by atoms with Gasteiger partial charge in [-0.05, 0) is 89.4 Å². The van der Waals surface area contributed by atoms with Crippen LogP contribution in [0.4, 0.5) is 11.4 Å². The molecule has 0 heterocycles. The molecule has 0 aromatic heterocycles. The molecular weight excluding hydrogens is 356 g/mol. The lowest BCUT2D eigenvalue weighted by Crippen LogP contribution is -2.01. The Balaban J connectivity index is 1.84. The Kier molecular flexibility index (Phi) is 6.71. The van der Waals surface area contributed by atoms with Gasteiger partial charge in [-0.1, -0.05) is 45.0 Å². The van der Waals surface area contributed by atoms with Crippen LogP contribution in [0.1, 0.15) is 54.2 Å². The largest absolute Gasteiger partial charge is 0.508 e. The van der Waals surface area contributed by atoms with Crippen LogP contribution >= 0.6 is 0 Å². The number of aliphatic imine (C=N–C) groups is 1. The van der Waals surface area contributed by atoms with Crippen LogP contribution in [-0.4, -0.2) is 11.3 Å². The fourth-order valence-electron chi connectivity index (χ4n) is 3.64. The lowest BCUT2D eigenvalue weighted by molar-refractivity contribution is 0.475. The van der Waals surface area contributed by atoms with E-state index in [0.29, 0.717) is 0 Å². The van der Waals surface area contributed by atoms with Gasteiger partial charge in [0, 0.05) is 11.9 Å². The van der Waals surface area contributed by atoms with Crippen molar-refractivity contribution in [3.8, 4) is 5.75 Å². The molecule has 0 amide bonds. The minimum absolute atomic E-state index is 0.265. The molecule has 3 aromatic carbocycles. The second kappa shape index (κ2) is 9.42. The Morgan fingerprint density at radius 3 is 1.97 bits per heavy atom. The molecule has 0 saturated carbocycles. The van der Waals surface area contributed by atoms with Gasteiger partial charge in [-0.15, -0.1) is 0 Å². The molecule has 0 aliphatic rings. The first-order chi connectivity index (χ1) is 14.0. The average molecular weight is 387 g/mol. The number of nitrogen functional groups attached to an aromatic ring is 1. The number of aryl methyl sites for hydroxylation is 3. The molecule has 0 atom stereocenters. The number of hydrogen-bond donors (Lipinski definition) is 2. The standard InChI is InChI=1S/C26H30N2O/c1-4-21-14-19(13-20-15-22(5-2)26(27)23(6-3)16-20)9-12-25(21)28-17-18-7-10-24(29)11-8-18/h7-12,14-17,29H,4-6,13,27H2,1-3H3. The van der Waals surface area contributed by atoms with Crippen LogP contribution in [0.25, 0.3) is 0 Å². The van der Waals surface area contributed by atoms with Gasteiger partial charge >= 0.3 is 0 Å². The van der Waals surface area contributed by atoms with Gasteiger partial charge in [0.15, 0.2) is 0 Å². The summed E-state index contributed by atoms with van der Waals surface area (Å²) in [6, 6.07) is 18.1. The van der Waals surface area contributed by atoms with E-state index in [1.807, 2.05) is 18.3 Å². The zero-order valence-electron chi connectivity index (χ0n) is 17.6. The second-order valence-electron chi connectivity index (χ2n) is 7.38. The van der Waals surface area contributed by atoms with Gasteiger partial charge in [0.05, 0.1) is 5.69 Å². The van der Waals surface area contributed by atoms with Crippen LogP contribution in [0.5, 0.6) is 5.75 Å². The Hall–Kier alpha value is -3.07. The first kappa shape index (κ1) is 20.7. The van der Waals surface area contributed by atoms with E-state index < -0.39 is 0 Å². The minimum atomic E-state index is 0.265. The molecular formula is C26H30N2O. The van der Waals surface area contributed by atoms with Crippen molar-refractivity contribution in [3.05, 3.63) is 88.0 Å². The highest BCUT2D eigenvalue weighted by atomic mass is 16.3. The molecule has 29 heavy (non-hydrogen) atoms. The lowest BCUT2D eigenvalue weighted by atomic mass is 9.95. The van der Waals surface area contributed by atoms with Crippen molar-refractivity contribution in [2.75, 3.05) is 5.73 Å². The Bertz CT molecular complexity index is 979. The lowest BCUT2D eigenvalue weighted by Gasteiger charge is -2.13. The number of rotatable bonds is 7. The summed E-state index contributed by atoms with van der Waals surface area (Å²) >= 11 is 0. The predicted octanol–water partition coefficient (Wildman–Crippen LogP) is 6.00. The maximum absolute atomic E-state index is 9.41. The highest BCUT2D eigenvalue weighted by molar-refractivity contribution is 5.82. The van der Waals surface area contributed by atoms with Crippen molar-refractivity contribution in [1.82, 2.24) is 0 Å². The van der Waals surface area contributed by atoms with Gasteiger partial charge in [-0.3, -0.25) is 4.99 Å². The van der Waals surface area contributed by atoms with E-state index in [4.69, 9.17) is 5.73 Å². The van der Waals surface area contributed by atoms with Gasteiger partial charge in [0.1, 0.15) is 5.75 Å². The van der Waals surface area contributed by atoms with Crippen molar-refractivity contribution >= 4 is 17.6 Å². The van der Waals surface area contributed by atoms with E-state index in [1.54, 1.807) is 12.1 Å². The van der Waals surface area contributed by atoms with Gasteiger partial charge in [-0.2, -0.15) is 0 Å². The summed E-state index contributed by atoms with van der Waals surface area (Å²) in [5, 5.41) is 9.41. The topological polar surface area (TPSA) is 58.6 Å². The summed E-state index contributed by atoms with van der Waals surface area (Å²) in [6.45, 7) is 6.47. The number of phenolic OH excluding ortho intramolecular Hbond substituents is 1. The molecule has 3 nitrogen and oxygen atoms in total. The molecule has 150 valence electrons. The molecule has 3 heteroatoms. The van der Waals surface area contributed by atoms with E-state index in [-0.39, 0.29) is 5.75 Å². The monoisotopic (exact) mass is 386 g/mol. The smallest absolute Gasteiger partial charge is 0.115 e. The van der Waals surface area contributed by atoms with Crippen molar-refractivity contribution in [2.45, 2.75) is 46.5 Å². The number of benzene rings is 3. The Labute approximate surface area is 173 Å². The molecule has 3 rings (SSSR count). The fourth-order valence-corrected chi connectivity index (χ4v) is 3.64. The van der Waals surface area contributed by atoms with E-state index in [2.05, 4.69) is 56.1 Å². The van der Waals surface area contributed by atoms with Crippen molar-refractivity contribution in [2.24, 2.45) is 4.99 Å². The number of anilines is 1. The number of nitrogens with two attached hydrogens (primary N) is 1. The summed E-state index contributed by atoms with van der Waals surface area (Å²) in [6.07, 6.45) is 5.58. The number of nitrogens with zero attached hydrogens (tertiary/aromatic N) is 1. The van der Waals surface area contributed by atoms with Crippen LogP contribution in [0.15, 0.2) is 59.6 Å². The van der Waals surface area contributed by atoms with Crippen LogP contribution in [0.3, 0.4) is 0 Å². The predicted molar refractivity (Wildman–Crippen MR) is 124 cm³/mol. The third-order valence-electron chi connectivity index (χ3n) is 5.35. The second-order valence-corrected chi connectivity index (χ2v) is 7.38. The average Bonchev–Trinajstić information content (AvgIpc) is 2.74. The molecule has 0 aliphatic heterocycles. The zero-order chi connectivity index (χ0) is 20.8. The minimum Gasteiger partial charge on any atom is -0.508 e. The Morgan fingerprint density at radius 1 is 0.793 bits per heavy atom. The van der Waals surface area contributed by atoms with E-state index in [0.717, 1.165) is 42.6 Å². The van der Waals surface area contributed by atoms with Crippen LogP contribution in [-0.2, 0) is 25.7 Å². The highest BCUT2D eigenvalue weighted by Crippen LogP contribution is 2.26. The summed E-state index contributed by atoms with van der Waals surface area (Å²) < 4.78 is 0. The van der Waals surface area contributed by atoms with E-state index in [1.165, 1.54) is 27.8 Å². The van der Waals surface area contributed by atoms with Crippen molar-refractivity contribution < 1.29 is 5.11 Å². The molecule has 3 N–H and O–H groups in total. The van der Waals surface area contributed by atoms with Crippen LogP contribution < -0.4 is 5.73 Å². The highest BCUT2D eigenvalue weighted by Gasteiger charge is 2.08. The molecule has 0 spiro atoms. The maximum atomic E-state index is 9.41. The molecule has 0 saturated heterocycles. The summed E-state index contributed by atoms with van der Waals surface area (Å²) in [4.78, 5) is 4.67. The number of aromatic hydroxyl groups is 1. The van der Waals surface area contributed by atoms with Crippen LogP contribution in [0.2, 0.25) is 0 Å². The normalized spacial score (nSPS) is 11.3. The molecule has 0 bridgehead atoms. The first-order valence-electron chi connectivity index (χ1n) is 10.4. The Morgan fingerprint density at radius 2 is 1.38 bits per heavy atom. The third-order valence-corrected chi connectivity index (χ3v) is 5.35. The maximum Gasteiger partial charge on any atom is 0.115 e. The van der Waals surface area contributed by atoms with Gasteiger partial charge in [-0.25, -0.2) is 0 Å². The molecule has 0 fully saturated rings. The molecule has 3 aromatic rings. The molecule has 0 unspecified atom stereocenters. The van der Waals surface area contributed by atoms with Gasteiger partial charge in [0.2, 0.25) is 0 Å². The number of phenols is 1. The zero-order valence-corrected chi connectivity index (χ0v) is 17.6. The number of hydrogen-bond acceptors (Lipinski definition) is 3. The summed E-state index contributed by atoms with van der Waals surface area (Å²) in [5.74, 6) is 0.265. The summed E-state index contributed by atoms with van der Waals surface area (Å²) in [5.41, 5.74) is 15.5. The van der Waals surface area contributed by atoms with E-state index >= 15 is 0 Å². The quantitative estimate of drug-likeness (QED) is 0.386. The SMILES string of the molecule is CCc1cc(Cc2cc(CC)c(N)c(CC)c2)ccc1N=Cc1ccc(O)cc1. The van der Waals surface area contributed by atoms with Crippen LogP contribution in [0, 0.1) is 0 Å².